The summed E-state index contributed by atoms with van der Waals surface area (Å²) < 4.78 is 39.5. The molecule has 2 aromatic carbocycles. The van der Waals surface area contributed by atoms with Gasteiger partial charge < -0.3 is 10.6 Å². The average Bonchev–Trinajstić information content (AvgIpc) is 2.61. The third kappa shape index (κ3) is 4.52. The van der Waals surface area contributed by atoms with Crippen LogP contribution in [-0.2, 0) is 11.3 Å². The molecule has 0 fully saturated rings. The van der Waals surface area contributed by atoms with Gasteiger partial charge in [-0.15, -0.1) is 0 Å². The molecule has 0 spiro atoms. The zero-order valence-electron chi connectivity index (χ0n) is 12.6. The van der Waals surface area contributed by atoms with Crippen molar-refractivity contribution in [2.75, 3.05) is 5.32 Å². The lowest BCUT2D eigenvalue weighted by molar-refractivity contribution is -0.117. The monoisotopic (exact) mass is 365 g/mol. The SMILES string of the molecule is N#C/C(=C/Nc1ccc(F)c(F)c1F)C(=O)NCc1ccccc1Cl. The van der Waals surface area contributed by atoms with Gasteiger partial charge in [-0.2, -0.15) is 5.26 Å². The molecule has 0 aromatic heterocycles. The van der Waals surface area contributed by atoms with Crippen molar-refractivity contribution in [3.05, 3.63) is 76.2 Å². The Labute approximate surface area is 146 Å². The lowest BCUT2D eigenvalue weighted by atomic mass is 10.2. The average molecular weight is 366 g/mol. The maximum atomic E-state index is 13.5. The Morgan fingerprint density at radius 1 is 1.16 bits per heavy atom. The van der Waals surface area contributed by atoms with Crippen LogP contribution in [0.5, 0.6) is 0 Å². The molecule has 2 aromatic rings. The molecule has 1 amide bonds. The highest BCUT2D eigenvalue weighted by molar-refractivity contribution is 6.31. The second-order valence-electron chi connectivity index (χ2n) is 4.81. The fourth-order valence-corrected chi connectivity index (χ4v) is 2.05. The molecule has 0 radical (unpaired) electrons. The van der Waals surface area contributed by atoms with Gasteiger partial charge in [-0.1, -0.05) is 29.8 Å². The lowest BCUT2D eigenvalue weighted by Gasteiger charge is -2.07. The lowest BCUT2D eigenvalue weighted by Crippen LogP contribution is -2.24. The summed E-state index contributed by atoms with van der Waals surface area (Å²) in [5.41, 5.74) is -0.142. The molecule has 0 saturated heterocycles. The fraction of sp³-hybridized carbons (Fsp3) is 0.0588. The molecule has 0 atom stereocenters. The van der Waals surface area contributed by atoms with Gasteiger partial charge in [0.25, 0.3) is 5.91 Å². The number of halogens is 4. The van der Waals surface area contributed by atoms with Crippen molar-refractivity contribution in [2.24, 2.45) is 0 Å². The van der Waals surface area contributed by atoms with E-state index < -0.39 is 29.0 Å². The number of nitrogens with one attached hydrogen (secondary N) is 2. The molecule has 0 bridgehead atoms. The van der Waals surface area contributed by atoms with E-state index in [2.05, 4.69) is 10.6 Å². The van der Waals surface area contributed by atoms with E-state index in [-0.39, 0.29) is 12.1 Å². The second-order valence-corrected chi connectivity index (χ2v) is 5.22. The number of hydrogen-bond donors (Lipinski definition) is 2. The summed E-state index contributed by atoms with van der Waals surface area (Å²) in [6.45, 7) is 0.0804. The van der Waals surface area contributed by atoms with Gasteiger partial charge in [-0.3, -0.25) is 4.79 Å². The summed E-state index contributed by atoms with van der Waals surface area (Å²) in [5, 5.41) is 14.2. The molecule has 4 nitrogen and oxygen atoms in total. The minimum atomic E-state index is -1.65. The van der Waals surface area contributed by atoms with Crippen LogP contribution in [0.4, 0.5) is 18.9 Å². The molecule has 25 heavy (non-hydrogen) atoms. The predicted molar refractivity (Wildman–Crippen MR) is 86.9 cm³/mol. The van der Waals surface area contributed by atoms with Crippen molar-refractivity contribution in [2.45, 2.75) is 6.54 Å². The summed E-state index contributed by atoms with van der Waals surface area (Å²) in [5.74, 6) is -5.19. The first-order valence-corrected chi connectivity index (χ1v) is 7.33. The van der Waals surface area contributed by atoms with Gasteiger partial charge in [-0.25, -0.2) is 13.2 Å². The number of benzene rings is 2. The fourth-order valence-electron chi connectivity index (χ4n) is 1.85. The highest BCUT2D eigenvalue weighted by Gasteiger charge is 2.14. The van der Waals surface area contributed by atoms with Crippen molar-refractivity contribution in [1.82, 2.24) is 5.32 Å². The number of nitriles is 1. The Kier molecular flexibility index (Phi) is 6.03. The largest absolute Gasteiger partial charge is 0.358 e. The summed E-state index contributed by atoms with van der Waals surface area (Å²) in [6.07, 6.45) is 0.900. The molecule has 2 rings (SSSR count). The van der Waals surface area contributed by atoms with E-state index >= 15 is 0 Å². The second kappa shape index (κ2) is 8.22. The van der Waals surface area contributed by atoms with Gasteiger partial charge in [0.1, 0.15) is 11.6 Å². The van der Waals surface area contributed by atoms with Crippen LogP contribution in [0.1, 0.15) is 5.56 Å². The number of rotatable bonds is 5. The number of hydrogen-bond acceptors (Lipinski definition) is 3. The van der Waals surface area contributed by atoms with Gasteiger partial charge in [0.15, 0.2) is 17.5 Å². The van der Waals surface area contributed by atoms with E-state index in [0.717, 1.165) is 18.3 Å². The van der Waals surface area contributed by atoms with Crippen molar-refractivity contribution in [3.8, 4) is 6.07 Å². The van der Waals surface area contributed by atoms with Crippen LogP contribution in [0.15, 0.2) is 48.2 Å². The normalized spacial score (nSPS) is 10.9. The Hall–Kier alpha value is -2.98. The molecule has 128 valence electrons. The van der Waals surface area contributed by atoms with Crippen LogP contribution < -0.4 is 10.6 Å². The van der Waals surface area contributed by atoms with Crippen LogP contribution in [0.25, 0.3) is 0 Å². The van der Waals surface area contributed by atoms with E-state index in [4.69, 9.17) is 16.9 Å². The first-order chi connectivity index (χ1) is 11.9. The highest BCUT2D eigenvalue weighted by atomic mass is 35.5. The number of amides is 1. The van der Waals surface area contributed by atoms with E-state index in [9.17, 15) is 18.0 Å². The van der Waals surface area contributed by atoms with Crippen molar-refractivity contribution in [1.29, 1.82) is 5.26 Å². The third-order valence-electron chi connectivity index (χ3n) is 3.17. The van der Waals surface area contributed by atoms with Crippen molar-refractivity contribution >= 4 is 23.2 Å². The van der Waals surface area contributed by atoms with Crippen LogP contribution in [0.2, 0.25) is 5.02 Å². The number of carbonyl (C=O) groups excluding carboxylic acids is 1. The predicted octanol–water partition coefficient (Wildman–Crippen LogP) is 3.89. The molecule has 8 heteroatoms. The zero-order valence-corrected chi connectivity index (χ0v) is 13.4. The van der Waals surface area contributed by atoms with E-state index in [1.807, 2.05) is 0 Å². The summed E-state index contributed by atoms with van der Waals surface area (Å²) >= 11 is 5.96. The molecule has 0 aliphatic heterocycles. The van der Waals surface area contributed by atoms with Crippen LogP contribution >= 0.6 is 11.6 Å². The Morgan fingerprint density at radius 2 is 1.88 bits per heavy atom. The molecule has 0 saturated carbocycles. The van der Waals surface area contributed by atoms with Gasteiger partial charge in [-0.05, 0) is 23.8 Å². The standard InChI is InChI=1S/C17H11ClF3N3O/c18-12-4-2-1-3-10(12)8-24-17(25)11(7-22)9-23-14-6-5-13(19)15(20)16(14)21/h1-6,9,23H,8H2,(H,24,25)/b11-9-. The van der Waals surface area contributed by atoms with E-state index in [1.54, 1.807) is 30.3 Å². The third-order valence-corrected chi connectivity index (χ3v) is 3.54. The minimum absolute atomic E-state index is 0.0804. The van der Waals surface area contributed by atoms with E-state index in [0.29, 0.717) is 10.6 Å². The minimum Gasteiger partial charge on any atom is -0.358 e. The molecular weight excluding hydrogens is 355 g/mol. The summed E-state index contributed by atoms with van der Waals surface area (Å²) in [7, 11) is 0. The number of carbonyl (C=O) groups is 1. The summed E-state index contributed by atoms with van der Waals surface area (Å²) in [4.78, 5) is 12.0. The molecule has 0 unspecified atom stereocenters. The molecule has 0 aliphatic rings. The van der Waals surface area contributed by atoms with Gasteiger partial charge >= 0.3 is 0 Å². The van der Waals surface area contributed by atoms with Crippen LogP contribution in [0, 0.1) is 28.8 Å². The van der Waals surface area contributed by atoms with Gasteiger partial charge in [0.05, 0.1) is 5.69 Å². The molecule has 0 aliphatic carbocycles. The first-order valence-electron chi connectivity index (χ1n) is 6.96. The number of nitrogens with zero attached hydrogens (tertiary/aromatic N) is 1. The summed E-state index contributed by atoms with van der Waals surface area (Å²) in [6, 6.07) is 10.1. The Morgan fingerprint density at radius 3 is 2.56 bits per heavy atom. The first kappa shape index (κ1) is 18.4. The van der Waals surface area contributed by atoms with Gasteiger partial charge in [0.2, 0.25) is 0 Å². The zero-order chi connectivity index (χ0) is 18.4. The Balaban J connectivity index is 2.07. The molecule has 0 heterocycles. The molecule has 2 N–H and O–H groups in total. The maximum Gasteiger partial charge on any atom is 0.263 e. The van der Waals surface area contributed by atoms with Crippen LogP contribution in [0.3, 0.4) is 0 Å². The smallest absolute Gasteiger partial charge is 0.263 e. The van der Waals surface area contributed by atoms with Crippen LogP contribution in [-0.4, -0.2) is 5.91 Å². The molecular formula is C17H11ClF3N3O. The highest BCUT2D eigenvalue weighted by Crippen LogP contribution is 2.20. The quantitative estimate of drug-likeness (QED) is 0.480. The topological polar surface area (TPSA) is 64.9 Å². The van der Waals surface area contributed by atoms with Crippen molar-refractivity contribution in [3.63, 3.8) is 0 Å². The Bertz CT molecular complexity index is 878. The van der Waals surface area contributed by atoms with E-state index in [1.165, 1.54) is 0 Å². The van der Waals surface area contributed by atoms with Gasteiger partial charge in [0, 0.05) is 17.8 Å². The maximum absolute atomic E-state index is 13.5. The van der Waals surface area contributed by atoms with Crippen molar-refractivity contribution < 1.29 is 18.0 Å². The number of anilines is 1.